The van der Waals surface area contributed by atoms with Crippen LogP contribution in [0.15, 0.2) is 4.47 Å². The summed E-state index contributed by atoms with van der Waals surface area (Å²) in [6, 6.07) is 0. The molecular weight excluding hydrogens is 306 g/mol. The predicted molar refractivity (Wildman–Crippen MR) is 78.8 cm³/mol. The van der Waals surface area contributed by atoms with Gasteiger partial charge >= 0.3 is 0 Å². The summed E-state index contributed by atoms with van der Waals surface area (Å²) in [6.45, 7) is 8.66. The molecule has 1 aromatic rings. The van der Waals surface area contributed by atoms with Crippen LogP contribution in [-0.4, -0.2) is 27.1 Å². The molecule has 1 fully saturated rings. The number of rotatable bonds is 5. The largest absolute Gasteiger partial charge is 0.336 e. The van der Waals surface area contributed by atoms with Crippen molar-refractivity contribution >= 4 is 21.8 Å². The van der Waals surface area contributed by atoms with Crippen LogP contribution in [0.3, 0.4) is 0 Å². The van der Waals surface area contributed by atoms with Gasteiger partial charge in [-0.25, -0.2) is 0 Å². The maximum absolute atomic E-state index is 12.1. The van der Waals surface area contributed by atoms with E-state index in [4.69, 9.17) is 0 Å². The van der Waals surface area contributed by atoms with Gasteiger partial charge in [0.15, 0.2) is 0 Å². The fourth-order valence-corrected chi connectivity index (χ4v) is 3.22. The van der Waals surface area contributed by atoms with Crippen molar-refractivity contribution in [2.24, 2.45) is 5.92 Å². The zero-order valence-corrected chi connectivity index (χ0v) is 13.5. The van der Waals surface area contributed by atoms with Crippen molar-refractivity contribution in [3.05, 3.63) is 15.9 Å². The molecule has 1 aliphatic heterocycles. The first kappa shape index (κ1) is 14.6. The van der Waals surface area contributed by atoms with Gasteiger partial charge < -0.3 is 4.90 Å². The number of aryl methyl sites for hydroxylation is 2. The lowest BCUT2D eigenvalue weighted by molar-refractivity contribution is -0.128. The van der Waals surface area contributed by atoms with E-state index in [9.17, 15) is 4.79 Å². The van der Waals surface area contributed by atoms with Crippen molar-refractivity contribution in [3.8, 4) is 0 Å². The molecule has 0 aromatic carbocycles. The Kier molecular flexibility index (Phi) is 4.66. The minimum Gasteiger partial charge on any atom is -0.336 e. The van der Waals surface area contributed by atoms with E-state index in [1.807, 2.05) is 16.5 Å². The summed E-state index contributed by atoms with van der Waals surface area (Å²) in [6.07, 6.45) is 3.02. The van der Waals surface area contributed by atoms with E-state index in [1.54, 1.807) is 0 Å². The summed E-state index contributed by atoms with van der Waals surface area (Å²) < 4.78 is 3.03. The normalized spacial score (nSPS) is 19.5. The Bertz CT molecular complexity index is 470. The fraction of sp³-hybridized carbons (Fsp3) is 0.714. The van der Waals surface area contributed by atoms with Gasteiger partial charge in [-0.15, -0.1) is 0 Å². The molecule has 1 aromatic heterocycles. The number of nitrogens with zero attached hydrogens (tertiary/aromatic N) is 3. The molecule has 2 heterocycles. The highest BCUT2D eigenvalue weighted by molar-refractivity contribution is 9.10. The predicted octanol–water partition coefficient (Wildman–Crippen LogP) is 3.12. The van der Waals surface area contributed by atoms with Gasteiger partial charge in [0.1, 0.15) is 0 Å². The Balaban J connectivity index is 2.11. The van der Waals surface area contributed by atoms with Crippen molar-refractivity contribution in [1.29, 1.82) is 0 Å². The molecule has 0 spiro atoms. The van der Waals surface area contributed by atoms with E-state index in [1.165, 1.54) is 0 Å². The minimum atomic E-state index is 0.284. The number of carbonyl (C=O) groups is 1. The van der Waals surface area contributed by atoms with Crippen LogP contribution < -0.4 is 0 Å². The van der Waals surface area contributed by atoms with E-state index in [0.717, 1.165) is 41.8 Å². The molecular formula is C14H22BrN3O. The number of amides is 1. The van der Waals surface area contributed by atoms with Crippen LogP contribution in [0.1, 0.15) is 44.5 Å². The molecule has 1 saturated heterocycles. The smallest absolute Gasteiger partial charge is 0.223 e. The van der Waals surface area contributed by atoms with Crippen molar-refractivity contribution in [1.82, 2.24) is 14.7 Å². The lowest BCUT2D eigenvalue weighted by Gasteiger charge is -2.17. The molecule has 2 rings (SSSR count). The second kappa shape index (κ2) is 6.07. The quantitative estimate of drug-likeness (QED) is 0.833. The van der Waals surface area contributed by atoms with Gasteiger partial charge in [-0.2, -0.15) is 5.10 Å². The lowest BCUT2D eigenvalue weighted by atomic mass is 10.0. The molecule has 0 N–H and O–H groups in total. The SMILES string of the molecule is CCCC1CC(=O)N(Cc2c(Br)c(C)nn2CC)C1. The summed E-state index contributed by atoms with van der Waals surface area (Å²) in [7, 11) is 0. The third-order valence-corrected chi connectivity index (χ3v) is 4.82. The molecule has 0 bridgehead atoms. The third kappa shape index (κ3) is 3.02. The molecule has 1 unspecified atom stereocenters. The molecule has 0 saturated carbocycles. The van der Waals surface area contributed by atoms with Gasteiger partial charge in [-0.1, -0.05) is 13.3 Å². The van der Waals surface area contributed by atoms with Crippen molar-refractivity contribution < 1.29 is 4.79 Å². The van der Waals surface area contributed by atoms with Gasteiger partial charge in [0.25, 0.3) is 0 Å². The van der Waals surface area contributed by atoms with Crippen LogP contribution in [-0.2, 0) is 17.9 Å². The molecule has 4 nitrogen and oxygen atoms in total. The number of carbonyl (C=O) groups excluding carboxylic acids is 1. The van der Waals surface area contributed by atoms with E-state index < -0.39 is 0 Å². The summed E-state index contributed by atoms with van der Waals surface area (Å²) in [5.74, 6) is 0.822. The average Bonchev–Trinajstić information content (AvgIpc) is 2.85. The third-order valence-electron chi connectivity index (χ3n) is 3.78. The molecule has 1 amide bonds. The monoisotopic (exact) mass is 327 g/mol. The number of likely N-dealkylation sites (tertiary alicyclic amines) is 1. The second-order valence-electron chi connectivity index (χ2n) is 5.29. The summed E-state index contributed by atoms with van der Waals surface area (Å²) in [4.78, 5) is 14.0. The van der Waals surface area contributed by atoms with Crippen molar-refractivity contribution in [2.45, 2.75) is 53.1 Å². The fourth-order valence-electron chi connectivity index (χ4n) is 2.81. The van der Waals surface area contributed by atoms with Crippen LogP contribution >= 0.6 is 15.9 Å². The van der Waals surface area contributed by atoms with Crippen LogP contribution in [0.5, 0.6) is 0 Å². The first-order valence-electron chi connectivity index (χ1n) is 7.06. The van der Waals surface area contributed by atoms with E-state index in [-0.39, 0.29) is 5.91 Å². The minimum absolute atomic E-state index is 0.284. The Morgan fingerprint density at radius 3 is 2.79 bits per heavy atom. The molecule has 0 radical (unpaired) electrons. The van der Waals surface area contributed by atoms with Crippen LogP contribution in [0, 0.1) is 12.8 Å². The maximum atomic E-state index is 12.1. The van der Waals surface area contributed by atoms with E-state index in [0.29, 0.717) is 18.9 Å². The van der Waals surface area contributed by atoms with Crippen molar-refractivity contribution in [3.63, 3.8) is 0 Å². The molecule has 1 aliphatic rings. The second-order valence-corrected chi connectivity index (χ2v) is 6.09. The van der Waals surface area contributed by atoms with E-state index >= 15 is 0 Å². The zero-order valence-electron chi connectivity index (χ0n) is 11.9. The molecule has 5 heteroatoms. The van der Waals surface area contributed by atoms with Gasteiger partial charge in [0, 0.05) is 19.5 Å². The first-order chi connectivity index (χ1) is 9.06. The Morgan fingerprint density at radius 1 is 1.42 bits per heavy atom. The molecule has 106 valence electrons. The van der Waals surface area contributed by atoms with Gasteiger partial charge in [0.2, 0.25) is 5.91 Å². The summed E-state index contributed by atoms with van der Waals surface area (Å²) in [5.41, 5.74) is 2.11. The van der Waals surface area contributed by atoms with Crippen LogP contribution in [0.25, 0.3) is 0 Å². The molecule has 19 heavy (non-hydrogen) atoms. The topological polar surface area (TPSA) is 38.1 Å². The maximum Gasteiger partial charge on any atom is 0.223 e. The highest BCUT2D eigenvalue weighted by Crippen LogP contribution is 2.27. The molecule has 1 atom stereocenters. The van der Waals surface area contributed by atoms with Crippen molar-refractivity contribution in [2.75, 3.05) is 6.54 Å². The van der Waals surface area contributed by atoms with Gasteiger partial charge in [-0.3, -0.25) is 9.48 Å². The number of hydrogen-bond acceptors (Lipinski definition) is 2. The molecule has 0 aliphatic carbocycles. The Hall–Kier alpha value is -0.840. The standard InChI is InChI=1S/C14H22BrN3O/c1-4-6-11-7-13(19)17(8-11)9-12-14(15)10(3)16-18(12)5-2/h11H,4-9H2,1-3H3. The Labute approximate surface area is 123 Å². The lowest BCUT2D eigenvalue weighted by Crippen LogP contribution is -2.26. The van der Waals surface area contributed by atoms with Crippen LogP contribution in [0.4, 0.5) is 0 Å². The summed E-state index contributed by atoms with van der Waals surface area (Å²) in [5, 5.41) is 4.48. The van der Waals surface area contributed by atoms with Gasteiger partial charge in [-0.05, 0) is 42.1 Å². The number of hydrogen-bond donors (Lipinski definition) is 0. The average molecular weight is 328 g/mol. The highest BCUT2D eigenvalue weighted by Gasteiger charge is 2.30. The van der Waals surface area contributed by atoms with Gasteiger partial charge in [0.05, 0.1) is 22.4 Å². The zero-order chi connectivity index (χ0) is 14.0. The summed E-state index contributed by atoms with van der Waals surface area (Å²) >= 11 is 3.59. The van der Waals surface area contributed by atoms with Crippen LogP contribution in [0.2, 0.25) is 0 Å². The van der Waals surface area contributed by atoms with E-state index in [2.05, 4.69) is 34.9 Å². The Morgan fingerprint density at radius 2 is 2.16 bits per heavy atom. The first-order valence-corrected chi connectivity index (χ1v) is 7.85. The number of aromatic nitrogens is 2. The highest BCUT2D eigenvalue weighted by atomic mass is 79.9. The number of halogens is 1.